The third-order valence-electron chi connectivity index (χ3n) is 9.73. The molecule has 0 bridgehead atoms. The first-order valence-electron chi connectivity index (χ1n) is 18.3. The van der Waals surface area contributed by atoms with E-state index in [0.717, 1.165) is 49.7 Å². The summed E-state index contributed by atoms with van der Waals surface area (Å²) in [6, 6.07) is 29.1. The van der Waals surface area contributed by atoms with Crippen LogP contribution in [0.15, 0.2) is 145 Å². The Labute approximate surface area is 343 Å². The van der Waals surface area contributed by atoms with Crippen molar-refractivity contribution in [2.75, 3.05) is 66.3 Å². The minimum Gasteiger partial charge on any atom is -0.397 e. The van der Waals surface area contributed by atoms with E-state index in [0.29, 0.717) is 34.1 Å². The summed E-state index contributed by atoms with van der Waals surface area (Å²) in [5.74, 6) is 0. The molecule has 7 heterocycles. The zero-order chi connectivity index (χ0) is 40.3. The SMILES string of the molecule is Nc1cc2c(cc1N)NC([n+]1ccc(-c3ccncc3)cc1)N2.Nc1cc2c(cc1N)NC([n+]1ccc(Br)cc1)N2.Nc1cc2c(cc1N)NC([n+]1ccccc1)N2. The Morgan fingerprint density at radius 1 is 0.397 bits per heavy atom. The molecule has 3 aliphatic rings. The molecule has 18 N–H and O–H groups in total. The third-order valence-corrected chi connectivity index (χ3v) is 10.3. The van der Waals surface area contributed by atoms with Crippen molar-refractivity contribution in [2.24, 2.45) is 0 Å². The zero-order valence-corrected chi connectivity index (χ0v) is 32.7. The summed E-state index contributed by atoms with van der Waals surface area (Å²) in [5, 5.41) is 20.1. The van der Waals surface area contributed by atoms with Gasteiger partial charge in [0.05, 0.1) is 68.2 Å². The Morgan fingerprint density at radius 3 is 1.03 bits per heavy atom. The first kappa shape index (κ1) is 37.3. The quantitative estimate of drug-likeness (QED) is 0.0804. The van der Waals surface area contributed by atoms with Crippen molar-refractivity contribution in [3.63, 3.8) is 0 Å². The van der Waals surface area contributed by atoms with Gasteiger partial charge < -0.3 is 66.3 Å². The summed E-state index contributed by atoms with van der Waals surface area (Å²) in [5.41, 5.74) is 46.4. The van der Waals surface area contributed by atoms with E-state index < -0.39 is 0 Å². The topological polar surface area (TPSA) is 253 Å². The number of nitrogens with two attached hydrogens (primary N) is 6. The molecule has 0 atom stereocenters. The van der Waals surface area contributed by atoms with Crippen LogP contribution >= 0.6 is 15.9 Å². The number of pyridine rings is 4. The van der Waals surface area contributed by atoms with Crippen LogP contribution in [0.5, 0.6) is 0 Å². The number of hydrogen-bond acceptors (Lipinski definition) is 13. The molecule has 0 spiro atoms. The second kappa shape index (κ2) is 15.8. The fourth-order valence-corrected chi connectivity index (χ4v) is 6.81. The van der Waals surface area contributed by atoms with Crippen LogP contribution < -0.4 is 80.0 Å². The van der Waals surface area contributed by atoms with E-state index in [-0.39, 0.29) is 18.9 Å². The van der Waals surface area contributed by atoms with Crippen molar-refractivity contribution < 1.29 is 13.7 Å². The first-order valence-corrected chi connectivity index (χ1v) is 19.1. The van der Waals surface area contributed by atoms with Gasteiger partial charge in [0, 0.05) is 53.3 Å². The predicted molar refractivity (Wildman–Crippen MR) is 235 cm³/mol. The lowest BCUT2D eigenvalue weighted by Gasteiger charge is -2.07. The van der Waals surface area contributed by atoms with Crippen molar-refractivity contribution in [2.45, 2.75) is 18.9 Å². The molecule has 10 rings (SSSR count). The van der Waals surface area contributed by atoms with Crippen molar-refractivity contribution in [3.8, 4) is 11.1 Å². The number of nitrogens with one attached hydrogen (secondary N) is 6. The van der Waals surface area contributed by atoms with E-state index in [2.05, 4.69) is 69.5 Å². The van der Waals surface area contributed by atoms with E-state index in [1.54, 1.807) is 12.4 Å². The molecule has 4 aromatic heterocycles. The predicted octanol–water partition coefficient (Wildman–Crippen LogP) is 5.22. The number of nitrogens with zero attached hydrogens (tertiary/aromatic N) is 4. The monoisotopic (exact) mass is 839 g/mol. The summed E-state index contributed by atoms with van der Waals surface area (Å²) in [4.78, 5) is 4.04. The fraction of sp³-hybridized carbons (Fsp3) is 0.0732. The van der Waals surface area contributed by atoms with Gasteiger partial charge in [0.1, 0.15) is 0 Å². The molecule has 0 fully saturated rings. The zero-order valence-electron chi connectivity index (χ0n) is 31.1. The van der Waals surface area contributed by atoms with Crippen LogP contribution in [-0.2, 0) is 0 Å². The highest BCUT2D eigenvalue weighted by Gasteiger charge is 2.29. The number of rotatable bonds is 4. The molecule has 3 aromatic carbocycles. The van der Waals surface area contributed by atoms with Gasteiger partial charge in [-0.15, -0.1) is 0 Å². The van der Waals surface area contributed by atoms with Gasteiger partial charge in [-0.05, 0) is 59.7 Å². The fourth-order valence-electron chi connectivity index (χ4n) is 6.58. The van der Waals surface area contributed by atoms with Crippen LogP contribution in [0.25, 0.3) is 11.1 Å². The molecule has 0 saturated heterocycles. The van der Waals surface area contributed by atoms with Gasteiger partial charge in [0.15, 0.2) is 37.2 Å². The van der Waals surface area contributed by atoms with Crippen molar-refractivity contribution in [1.82, 2.24) is 4.98 Å². The maximum atomic E-state index is 5.86. The molecule has 7 aromatic rings. The lowest BCUT2D eigenvalue weighted by molar-refractivity contribution is -0.710. The minimum atomic E-state index is -0.0716. The largest absolute Gasteiger partial charge is 0.397 e. The molecular weight excluding hydrogens is 796 g/mol. The normalized spacial score (nSPS) is 13.6. The highest BCUT2D eigenvalue weighted by Crippen LogP contribution is 2.38. The summed E-state index contributed by atoms with van der Waals surface area (Å²) in [6.07, 6.45) is 15.5. The van der Waals surface area contributed by atoms with Crippen molar-refractivity contribution in [3.05, 3.63) is 145 Å². The average Bonchev–Trinajstić information content (AvgIpc) is 3.97. The minimum absolute atomic E-state index is 0.00704. The number of anilines is 12. The Hall–Kier alpha value is -7.66. The lowest BCUT2D eigenvalue weighted by Crippen LogP contribution is -2.45. The molecule has 58 heavy (non-hydrogen) atoms. The molecule has 17 heteroatoms. The molecule has 16 nitrogen and oxygen atoms in total. The van der Waals surface area contributed by atoms with Crippen LogP contribution in [0, 0.1) is 0 Å². The molecule has 0 radical (unpaired) electrons. The standard InChI is InChI=1S/C17H16N6.C12H13BrN5.C12H14N5/c18-13-9-15-16(10-14(13)19)22-17(21-15)23-7-3-12(4-8-23)11-1-5-20-6-2-11;13-7-1-3-18(4-2-7)12-16-10-5-8(14)9(15)6-11(10)17-12;13-8-6-10-11(7-9(8)14)16-12(15-10)17-4-2-1-3-5-17/h1-10,17,20H,(H4,18,19,21,22);1-6,12,16-17H,14-15H2;1-7,12,15-16H,13-14H2/q;2*+1/p+1. The molecule has 3 aliphatic heterocycles. The van der Waals surface area contributed by atoms with Crippen molar-refractivity contribution >= 4 is 84.2 Å². The van der Waals surface area contributed by atoms with Gasteiger partial charge in [0.25, 0.3) is 0 Å². The van der Waals surface area contributed by atoms with E-state index in [1.807, 2.05) is 125 Å². The van der Waals surface area contributed by atoms with Gasteiger partial charge >= 0.3 is 18.9 Å². The van der Waals surface area contributed by atoms with Gasteiger partial charge in [-0.2, -0.15) is 13.7 Å². The lowest BCUT2D eigenvalue weighted by atomic mass is 10.1. The average molecular weight is 841 g/mol. The Balaban J connectivity index is 0.000000123. The second-order valence-corrected chi connectivity index (χ2v) is 14.6. The molecule has 0 aliphatic carbocycles. The highest BCUT2D eigenvalue weighted by atomic mass is 79.9. The van der Waals surface area contributed by atoms with E-state index in [4.69, 9.17) is 34.4 Å². The van der Waals surface area contributed by atoms with Gasteiger partial charge in [0.2, 0.25) is 0 Å². The van der Waals surface area contributed by atoms with Crippen LogP contribution in [0.3, 0.4) is 0 Å². The molecule has 0 unspecified atom stereocenters. The van der Waals surface area contributed by atoms with E-state index in [1.165, 1.54) is 0 Å². The number of hydrogen-bond donors (Lipinski definition) is 12. The van der Waals surface area contributed by atoms with Crippen LogP contribution in [-0.4, -0.2) is 4.98 Å². The number of benzene rings is 3. The van der Waals surface area contributed by atoms with Crippen LogP contribution in [0.4, 0.5) is 68.2 Å². The maximum absolute atomic E-state index is 5.86. The first-order chi connectivity index (χ1) is 28.1. The third kappa shape index (κ3) is 8.00. The Bertz CT molecular complexity index is 2460. The molecule has 292 valence electrons. The number of nitrogen functional groups attached to an aromatic ring is 6. The summed E-state index contributed by atoms with van der Waals surface area (Å²) in [6.45, 7) is 0. The van der Waals surface area contributed by atoms with Gasteiger partial charge in [-0.1, -0.05) is 22.0 Å². The van der Waals surface area contributed by atoms with Crippen LogP contribution in [0.2, 0.25) is 0 Å². The Kier molecular flexibility index (Phi) is 10.2. The van der Waals surface area contributed by atoms with Gasteiger partial charge in [-0.25, -0.2) is 0 Å². The summed E-state index contributed by atoms with van der Waals surface area (Å²) in [7, 11) is 0. The van der Waals surface area contributed by atoms with E-state index >= 15 is 0 Å². The molecule has 0 amide bonds. The number of aromatic nitrogens is 4. The highest BCUT2D eigenvalue weighted by molar-refractivity contribution is 9.10. The maximum Gasteiger partial charge on any atom is 0.311 e. The Morgan fingerprint density at radius 2 is 0.690 bits per heavy atom. The number of halogens is 1. The van der Waals surface area contributed by atoms with Gasteiger partial charge in [-0.3, -0.25) is 4.98 Å². The van der Waals surface area contributed by atoms with Crippen LogP contribution in [0.1, 0.15) is 18.9 Å². The number of fused-ring (bicyclic) bond motifs is 3. The van der Waals surface area contributed by atoms with Crippen molar-refractivity contribution in [1.29, 1.82) is 0 Å². The second-order valence-electron chi connectivity index (χ2n) is 13.7. The molecular formula is C41H44BrN16+3. The summed E-state index contributed by atoms with van der Waals surface area (Å²) >= 11 is 3.41. The van der Waals surface area contributed by atoms with E-state index in [9.17, 15) is 0 Å². The molecule has 0 saturated carbocycles. The summed E-state index contributed by atoms with van der Waals surface area (Å²) < 4.78 is 7.16. The smallest absolute Gasteiger partial charge is 0.311 e.